The monoisotopic (exact) mass is 828 g/mol. The molecule has 0 saturated carbocycles. The number of aliphatic hydroxyl groups excluding tert-OH is 2. The van der Waals surface area contributed by atoms with Gasteiger partial charge in [0.05, 0.1) is 25.2 Å². The second kappa shape index (κ2) is 46.9. The van der Waals surface area contributed by atoms with Gasteiger partial charge in [-0.25, -0.2) is 0 Å². The zero-order valence-electron chi connectivity index (χ0n) is 39.1. The number of carbonyl (C=O) groups excluding carboxylic acids is 2. The quantitative estimate of drug-likeness (QED) is 0.0323. The summed E-state index contributed by atoms with van der Waals surface area (Å²) in [6.45, 7) is 6.42. The molecule has 3 unspecified atom stereocenters. The Bertz CT molecular complexity index is 1020. The topological polar surface area (TPSA) is 95.9 Å². The van der Waals surface area contributed by atoms with Gasteiger partial charge in [-0.05, 0) is 83.5 Å². The Morgan fingerprint density at radius 2 is 0.881 bits per heavy atom. The first-order valence-electron chi connectivity index (χ1n) is 25.4. The fourth-order valence-electron chi connectivity index (χ4n) is 7.50. The lowest BCUT2D eigenvalue weighted by Gasteiger charge is -2.24. The Kier molecular flexibility index (Phi) is 45.1. The van der Waals surface area contributed by atoms with Gasteiger partial charge in [-0.2, -0.15) is 0 Å². The number of esters is 1. The molecule has 0 fully saturated rings. The molecule has 3 atom stereocenters. The van der Waals surface area contributed by atoms with Crippen LogP contribution in [-0.4, -0.2) is 46.9 Å². The lowest BCUT2D eigenvalue weighted by Crippen LogP contribution is -2.46. The van der Waals surface area contributed by atoms with Crippen LogP contribution in [-0.2, 0) is 14.3 Å². The van der Waals surface area contributed by atoms with Crippen LogP contribution >= 0.6 is 0 Å². The van der Waals surface area contributed by atoms with Crippen LogP contribution in [0.4, 0.5) is 0 Å². The number of carbonyl (C=O) groups is 2. The van der Waals surface area contributed by atoms with Crippen LogP contribution in [0.15, 0.2) is 48.6 Å². The summed E-state index contributed by atoms with van der Waals surface area (Å²) >= 11 is 0. The second-order valence-electron chi connectivity index (χ2n) is 17.2. The Hall–Kier alpha value is -2.18. The third-order valence-corrected chi connectivity index (χ3v) is 11.4. The fourth-order valence-corrected chi connectivity index (χ4v) is 7.50. The normalized spacial score (nSPS) is 13.6. The summed E-state index contributed by atoms with van der Waals surface area (Å²) in [6, 6.07) is -0.710. The van der Waals surface area contributed by atoms with E-state index >= 15 is 0 Å². The third-order valence-electron chi connectivity index (χ3n) is 11.4. The van der Waals surface area contributed by atoms with Crippen LogP contribution in [0.5, 0.6) is 0 Å². The SMILES string of the molecule is CCCCC/C=C\C/C=C\C/C=C\CCCCCCCCC(=O)OC(CCC/C=C\CCCCCCCC)CC(=O)NC(CO)C(O)CCCCCCCCCCCC. The summed E-state index contributed by atoms with van der Waals surface area (Å²) in [6.07, 6.45) is 56.0. The van der Waals surface area contributed by atoms with E-state index in [2.05, 4.69) is 74.7 Å². The highest BCUT2D eigenvalue weighted by molar-refractivity contribution is 5.77. The van der Waals surface area contributed by atoms with Crippen molar-refractivity contribution in [1.82, 2.24) is 5.32 Å². The Balaban J connectivity index is 4.55. The van der Waals surface area contributed by atoms with E-state index in [-0.39, 0.29) is 24.9 Å². The highest BCUT2D eigenvalue weighted by atomic mass is 16.5. The molecule has 0 heterocycles. The van der Waals surface area contributed by atoms with Crippen molar-refractivity contribution in [3.63, 3.8) is 0 Å². The molecule has 0 bridgehead atoms. The summed E-state index contributed by atoms with van der Waals surface area (Å²) < 4.78 is 5.90. The maximum atomic E-state index is 13.1. The van der Waals surface area contributed by atoms with Gasteiger partial charge in [0.25, 0.3) is 0 Å². The van der Waals surface area contributed by atoms with Gasteiger partial charge in [0, 0.05) is 6.42 Å². The number of rotatable bonds is 45. The minimum absolute atomic E-state index is 0.0515. The van der Waals surface area contributed by atoms with Gasteiger partial charge >= 0.3 is 5.97 Å². The molecule has 344 valence electrons. The summed E-state index contributed by atoms with van der Waals surface area (Å²) in [5.74, 6) is -0.516. The van der Waals surface area contributed by atoms with Crippen molar-refractivity contribution in [3.8, 4) is 0 Å². The number of hydrogen-bond acceptors (Lipinski definition) is 5. The molecule has 1 amide bonds. The maximum absolute atomic E-state index is 13.1. The molecule has 0 aliphatic heterocycles. The van der Waals surface area contributed by atoms with Gasteiger partial charge in [-0.1, -0.05) is 204 Å². The van der Waals surface area contributed by atoms with Crippen LogP contribution in [0.3, 0.4) is 0 Å². The molecule has 0 aromatic rings. The van der Waals surface area contributed by atoms with E-state index in [9.17, 15) is 19.8 Å². The lowest BCUT2D eigenvalue weighted by molar-refractivity contribution is -0.151. The van der Waals surface area contributed by atoms with Gasteiger partial charge in [0.2, 0.25) is 5.91 Å². The molecule has 0 radical (unpaired) electrons. The van der Waals surface area contributed by atoms with E-state index in [0.29, 0.717) is 19.3 Å². The van der Waals surface area contributed by atoms with Gasteiger partial charge in [0.15, 0.2) is 0 Å². The molecule has 59 heavy (non-hydrogen) atoms. The van der Waals surface area contributed by atoms with Crippen LogP contribution in [0, 0.1) is 0 Å². The largest absolute Gasteiger partial charge is 0.462 e. The first-order valence-corrected chi connectivity index (χ1v) is 25.4. The van der Waals surface area contributed by atoms with E-state index in [1.165, 1.54) is 128 Å². The van der Waals surface area contributed by atoms with E-state index in [4.69, 9.17) is 4.74 Å². The molecule has 0 spiro atoms. The Morgan fingerprint density at radius 1 is 0.492 bits per heavy atom. The predicted molar refractivity (Wildman–Crippen MR) is 255 cm³/mol. The molecular formula is C53H97NO5. The molecule has 3 N–H and O–H groups in total. The standard InChI is InChI=1S/C53H97NO5/c1-4-7-10-13-16-19-22-23-24-25-26-27-28-29-31-34-37-40-43-46-53(58)59-49(44-41-38-35-32-30-20-17-14-11-8-5-2)47-52(57)54-50(48-55)51(56)45-42-39-36-33-21-18-15-12-9-6-3/h16,19,23-24,26-27,32,35,49-51,55-56H,4-15,17-18,20-22,25,28-31,33-34,36-48H2,1-3H3,(H,54,57)/b19-16-,24-23-,27-26-,35-32-. The van der Waals surface area contributed by atoms with Crippen molar-refractivity contribution in [2.45, 2.75) is 270 Å². The van der Waals surface area contributed by atoms with Gasteiger partial charge in [-0.3, -0.25) is 9.59 Å². The van der Waals surface area contributed by atoms with E-state index in [1.807, 2.05) is 0 Å². The second-order valence-corrected chi connectivity index (χ2v) is 17.2. The Labute approximate surface area is 366 Å². The lowest BCUT2D eigenvalue weighted by atomic mass is 10.0. The average Bonchev–Trinajstić information content (AvgIpc) is 3.23. The molecule has 0 aliphatic carbocycles. The summed E-state index contributed by atoms with van der Waals surface area (Å²) in [5, 5.41) is 23.7. The van der Waals surface area contributed by atoms with Crippen molar-refractivity contribution in [2.75, 3.05) is 6.61 Å². The molecule has 0 aromatic heterocycles. The van der Waals surface area contributed by atoms with Crippen molar-refractivity contribution in [2.24, 2.45) is 0 Å². The number of nitrogens with one attached hydrogen (secondary N) is 1. The zero-order chi connectivity index (χ0) is 43.1. The molecule has 0 saturated heterocycles. The molecular weight excluding hydrogens is 731 g/mol. The predicted octanol–water partition coefficient (Wildman–Crippen LogP) is 15.1. The van der Waals surface area contributed by atoms with Gasteiger partial charge in [0.1, 0.15) is 6.10 Å². The van der Waals surface area contributed by atoms with Crippen molar-refractivity contribution >= 4 is 11.9 Å². The number of unbranched alkanes of at least 4 members (excludes halogenated alkanes) is 25. The molecule has 0 aliphatic rings. The first-order chi connectivity index (χ1) is 29.0. The summed E-state index contributed by atoms with van der Waals surface area (Å²) in [4.78, 5) is 26.1. The van der Waals surface area contributed by atoms with E-state index in [1.54, 1.807) is 0 Å². The maximum Gasteiger partial charge on any atom is 0.306 e. The third kappa shape index (κ3) is 42.3. The number of aliphatic hydroxyl groups is 2. The van der Waals surface area contributed by atoms with Crippen molar-refractivity contribution in [1.29, 1.82) is 0 Å². The smallest absolute Gasteiger partial charge is 0.306 e. The minimum Gasteiger partial charge on any atom is -0.462 e. The summed E-state index contributed by atoms with van der Waals surface area (Å²) in [5.41, 5.74) is 0. The van der Waals surface area contributed by atoms with E-state index in [0.717, 1.165) is 77.0 Å². The molecule has 0 rings (SSSR count). The molecule has 6 heteroatoms. The zero-order valence-corrected chi connectivity index (χ0v) is 39.1. The van der Waals surface area contributed by atoms with Crippen LogP contribution in [0.2, 0.25) is 0 Å². The van der Waals surface area contributed by atoms with Crippen LogP contribution in [0.25, 0.3) is 0 Å². The number of ether oxygens (including phenoxy) is 1. The highest BCUT2D eigenvalue weighted by Crippen LogP contribution is 2.17. The molecule has 0 aromatic carbocycles. The molecule has 6 nitrogen and oxygen atoms in total. The van der Waals surface area contributed by atoms with Crippen molar-refractivity contribution < 1.29 is 24.5 Å². The van der Waals surface area contributed by atoms with Crippen molar-refractivity contribution in [3.05, 3.63) is 48.6 Å². The van der Waals surface area contributed by atoms with Gasteiger partial charge in [-0.15, -0.1) is 0 Å². The number of hydrogen-bond donors (Lipinski definition) is 3. The average molecular weight is 828 g/mol. The summed E-state index contributed by atoms with van der Waals surface area (Å²) in [7, 11) is 0. The van der Waals surface area contributed by atoms with E-state index < -0.39 is 18.2 Å². The van der Waals surface area contributed by atoms with Gasteiger partial charge < -0.3 is 20.3 Å². The highest BCUT2D eigenvalue weighted by Gasteiger charge is 2.24. The fraction of sp³-hybridized carbons (Fsp3) is 0.811. The minimum atomic E-state index is -0.794. The van der Waals surface area contributed by atoms with Crippen LogP contribution < -0.4 is 5.32 Å². The van der Waals surface area contributed by atoms with Crippen LogP contribution in [0.1, 0.15) is 252 Å². The first kappa shape index (κ1) is 56.8. The number of allylic oxidation sites excluding steroid dienone is 8. The Morgan fingerprint density at radius 3 is 1.39 bits per heavy atom. The number of amides is 1.